The Morgan fingerprint density at radius 2 is 0.825 bits per heavy atom. The molecule has 40 heavy (non-hydrogen) atoms. The van der Waals surface area contributed by atoms with Crippen LogP contribution in [0.2, 0.25) is 0 Å². The topological polar surface area (TPSA) is 47.3 Å². The second-order valence-corrected chi connectivity index (χ2v) is 9.86. The number of nitrogens with two attached hydrogens (primary N) is 1. The Kier molecular flexibility index (Phi) is 12.2. The molecule has 0 aliphatic carbocycles. The van der Waals surface area contributed by atoms with E-state index in [1.165, 1.54) is 27.8 Å². The fourth-order valence-corrected chi connectivity index (χ4v) is 5.05. The SMILES string of the molecule is NOCCC(c1ccccc1)c1ccccc1.c1ccc(CNCCC(c2ccccc2)c2ccccc2)cc1. The van der Waals surface area contributed by atoms with Crippen LogP contribution in [-0.2, 0) is 11.4 Å². The molecule has 0 radical (unpaired) electrons. The van der Waals surface area contributed by atoms with Gasteiger partial charge in [0.1, 0.15) is 0 Å². The van der Waals surface area contributed by atoms with Gasteiger partial charge in [0.05, 0.1) is 6.61 Å². The van der Waals surface area contributed by atoms with Crippen molar-refractivity contribution in [2.24, 2.45) is 5.90 Å². The molecule has 0 aliphatic rings. The molecule has 0 aliphatic heterocycles. The highest BCUT2D eigenvalue weighted by atomic mass is 16.6. The lowest BCUT2D eigenvalue weighted by molar-refractivity contribution is 0.132. The van der Waals surface area contributed by atoms with Crippen molar-refractivity contribution in [1.29, 1.82) is 0 Å². The van der Waals surface area contributed by atoms with Crippen LogP contribution in [0, 0.1) is 0 Å². The van der Waals surface area contributed by atoms with Gasteiger partial charge < -0.3 is 10.2 Å². The second kappa shape index (κ2) is 16.8. The molecule has 0 spiro atoms. The summed E-state index contributed by atoms with van der Waals surface area (Å²) < 4.78 is 0. The van der Waals surface area contributed by atoms with Gasteiger partial charge in [-0.3, -0.25) is 0 Å². The average Bonchev–Trinajstić information content (AvgIpc) is 3.04. The van der Waals surface area contributed by atoms with E-state index in [4.69, 9.17) is 10.7 Å². The standard InChI is InChI=1S/C22H23N.C15H17NO/c1-4-10-19(11-5-1)18-23-17-16-22(20-12-6-2-7-13-20)21-14-8-3-9-15-21;16-17-12-11-15(13-7-3-1-4-8-13)14-9-5-2-6-10-14/h1-15,22-23H,16-18H2;1-10,15H,11-12,16H2. The molecule has 5 aromatic rings. The molecular weight excluding hydrogens is 488 g/mol. The van der Waals surface area contributed by atoms with Crippen LogP contribution in [0.15, 0.2) is 152 Å². The summed E-state index contributed by atoms with van der Waals surface area (Å²) in [5, 5.41) is 3.57. The third-order valence-corrected chi connectivity index (χ3v) is 7.11. The van der Waals surface area contributed by atoms with Crippen LogP contribution in [0.4, 0.5) is 0 Å². The quantitative estimate of drug-likeness (QED) is 0.127. The van der Waals surface area contributed by atoms with Crippen LogP contribution in [0.5, 0.6) is 0 Å². The van der Waals surface area contributed by atoms with Gasteiger partial charge in [0.15, 0.2) is 0 Å². The van der Waals surface area contributed by atoms with Gasteiger partial charge >= 0.3 is 0 Å². The normalized spacial score (nSPS) is 10.8. The third kappa shape index (κ3) is 9.32. The van der Waals surface area contributed by atoms with Gasteiger partial charge in [-0.2, -0.15) is 0 Å². The zero-order chi connectivity index (χ0) is 27.7. The fourth-order valence-electron chi connectivity index (χ4n) is 5.05. The van der Waals surface area contributed by atoms with Crippen LogP contribution in [0.3, 0.4) is 0 Å². The Morgan fingerprint density at radius 3 is 1.20 bits per heavy atom. The molecule has 5 aromatic carbocycles. The van der Waals surface area contributed by atoms with Crippen LogP contribution in [-0.4, -0.2) is 13.2 Å². The Bertz CT molecular complexity index is 1230. The zero-order valence-corrected chi connectivity index (χ0v) is 23.1. The molecule has 0 atom stereocenters. The first kappa shape index (κ1) is 29.0. The molecule has 5 rings (SSSR count). The van der Waals surface area contributed by atoms with Crippen molar-refractivity contribution in [2.45, 2.75) is 31.2 Å². The maximum absolute atomic E-state index is 5.13. The summed E-state index contributed by atoms with van der Waals surface area (Å²) in [6.45, 7) is 2.49. The lowest BCUT2D eigenvalue weighted by Gasteiger charge is -2.18. The van der Waals surface area contributed by atoms with Gasteiger partial charge in [-0.1, -0.05) is 152 Å². The van der Waals surface area contributed by atoms with Crippen molar-refractivity contribution >= 4 is 0 Å². The molecule has 204 valence electrons. The van der Waals surface area contributed by atoms with E-state index in [9.17, 15) is 0 Å². The predicted octanol–water partition coefficient (Wildman–Crippen LogP) is 8.10. The summed E-state index contributed by atoms with van der Waals surface area (Å²) in [5.74, 6) is 5.93. The smallest absolute Gasteiger partial charge is 0.0688 e. The molecule has 0 fully saturated rings. The number of hydrogen-bond donors (Lipinski definition) is 2. The van der Waals surface area contributed by atoms with Gasteiger partial charge in [0, 0.05) is 18.4 Å². The lowest BCUT2D eigenvalue weighted by atomic mass is 9.88. The summed E-state index contributed by atoms with van der Waals surface area (Å²) in [7, 11) is 0. The average molecular weight is 529 g/mol. The first-order valence-electron chi connectivity index (χ1n) is 14.1. The van der Waals surface area contributed by atoms with Crippen LogP contribution in [0.25, 0.3) is 0 Å². The van der Waals surface area contributed by atoms with E-state index in [1.54, 1.807) is 0 Å². The van der Waals surface area contributed by atoms with Crippen LogP contribution < -0.4 is 11.2 Å². The summed E-state index contributed by atoms with van der Waals surface area (Å²) in [5.41, 5.74) is 6.72. The van der Waals surface area contributed by atoms with E-state index < -0.39 is 0 Å². The van der Waals surface area contributed by atoms with E-state index in [0.717, 1.165) is 25.9 Å². The first-order valence-corrected chi connectivity index (χ1v) is 14.1. The molecular formula is C37H40N2O. The molecule has 3 nitrogen and oxygen atoms in total. The summed E-state index contributed by atoms with van der Waals surface area (Å²) in [6, 6.07) is 53.1. The van der Waals surface area contributed by atoms with Crippen molar-refractivity contribution in [3.05, 3.63) is 179 Å². The molecule has 0 amide bonds. The Balaban J connectivity index is 0.000000194. The molecule has 0 saturated carbocycles. The molecule has 3 heteroatoms. The molecule has 0 unspecified atom stereocenters. The van der Waals surface area contributed by atoms with E-state index in [1.807, 2.05) is 12.1 Å². The number of benzene rings is 5. The van der Waals surface area contributed by atoms with Crippen LogP contribution in [0.1, 0.15) is 52.5 Å². The highest BCUT2D eigenvalue weighted by molar-refractivity contribution is 5.33. The second-order valence-electron chi connectivity index (χ2n) is 9.86. The Hall–Kier alpha value is -4.02. The summed E-state index contributed by atoms with van der Waals surface area (Å²) in [4.78, 5) is 4.72. The fraction of sp³-hybridized carbons (Fsp3) is 0.189. The minimum Gasteiger partial charge on any atom is -0.313 e. The first-order chi connectivity index (χ1) is 19.8. The van der Waals surface area contributed by atoms with E-state index in [2.05, 4.69) is 145 Å². The van der Waals surface area contributed by atoms with Crippen molar-refractivity contribution in [3.63, 3.8) is 0 Å². The van der Waals surface area contributed by atoms with Crippen molar-refractivity contribution < 1.29 is 4.84 Å². The largest absolute Gasteiger partial charge is 0.313 e. The van der Waals surface area contributed by atoms with Crippen molar-refractivity contribution in [2.75, 3.05) is 13.2 Å². The summed E-state index contributed by atoms with van der Waals surface area (Å²) in [6.07, 6.45) is 1.99. The maximum atomic E-state index is 5.13. The van der Waals surface area contributed by atoms with Gasteiger partial charge in [0.2, 0.25) is 0 Å². The monoisotopic (exact) mass is 528 g/mol. The molecule has 0 bridgehead atoms. The summed E-state index contributed by atoms with van der Waals surface area (Å²) >= 11 is 0. The molecule has 0 heterocycles. The molecule has 3 N–H and O–H groups in total. The minimum atomic E-state index is 0.348. The Morgan fingerprint density at radius 1 is 0.475 bits per heavy atom. The molecule has 0 aromatic heterocycles. The zero-order valence-electron chi connectivity index (χ0n) is 23.1. The van der Waals surface area contributed by atoms with Crippen molar-refractivity contribution in [1.82, 2.24) is 5.32 Å². The maximum Gasteiger partial charge on any atom is 0.0688 e. The minimum absolute atomic E-state index is 0.348. The van der Waals surface area contributed by atoms with Gasteiger partial charge in [-0.15, -0.1) is 0 Å². The van der Waals surface area contributed by atoms with Gasteiger partial charge in [-0.05, 0) is 47.2 Å². The third-order valence-electron chi connectivity index (χ3n) is 7.11. The Labute approximate surface area is 239 Å². The molecule has 0 saturated heterocycles. The van der Waals surface area contributed by atoms with E-state index in [-0.39, 0.29) is 0 Å². The van der Waals surface area contributed by atoms with Crippen molar-refractivity contribution in [3.8, 4) is 0 Å². The van der Waals surface area contributed by atoms with Crippen LogP contribution >= 0.6 is 0 Å². The van der Waals surface area contributed by atoms with Gasteiger partial charge in [-0.25, -0.2) is 5.90 Å². The van der Waals surface area contributed by atoms with E-state index >= 15 is 0 Å². The lowest BCUT2D eigenvalue weighted by Crippen LogP contribution is -2.17. The number of nitrogens with one attached hydrogen (secondary N) is 1. The van der Waals surface area contributed by atoms with Gasteiger partial charge in [0.25, 0.3) is 0 Å². The predicted molar refractivity (Wildman–Crippen MR) is 167 cm³/mol. The van der Waals surface area contributed by atoms with E-state index in [0.29, 0.717) is 18.4 Å². The highest BCUT2D eigenvalue weighted by Gasteiger charge is 2.14. The number of hydrogen-bond acceptors (Lipinski definition) is 3. The number of rotatable bonds is 12. The highest BCUT2D eigenvalue weighted by Crippen LogP contribution is 2.28.